The first-order chi connectivity index (χ1) is 12.4. The number of carbonyl (C=O) groups is 1. The van der Waals surface area contributed by atoms with E-state index in [0.717, 1.165) is 18.5 Å². The minimum Gasteiger partial charge on any atom is -0.383 e. The number of nitrogens with one attached hydrogen (secondary N) is 1. The van der Waals surface area contributed by atoms with Crippen LogP contribution in [-0.2, 0) is 7.05 Å². The molecule has 2 aliphatic rings. The van der Waals surface area contributed by atoms with Crippen LogP contribution < -0.4 is 11.1 Å². The Morgan fingerprint density at radius 1 is 1.35 bits per heavy atom. The summed E-state index contributed by atoms with van der Waals surface area (Å²) < 4.78 is 14.9. The monoisotopic (exact) mass is 376 g/mol. The predicted octanol–water partition coefficient (Wildman–Crippen LogP) is 4.48. The number of nitrogen functional groups attached to an aromatic ring is 1. The van der Waals surface area contributed by atoms with Gasteiger partial charge in [0.1, 0.15) is 17.2 Å². The Hall–Kier alpha value is -2.08. The van der Waals surface area contributed by atoms with Crippen molar-refractivity contribution in [1.82, 2.24) is 9.78 Å². The largest absolute Gasteiger partial charge is 0.383 e. The molecule has 26 heavy (non-hydrogen) atoms. The Bertz CT molecular complexity index is 865. The summed E-state index contributed by atoms with van der Waals surface area (Å²) in [6, 6.07) is 4.09. The summed E-state index contributed by atoms with van der Waals surface area (Å²) in [7, 11) is 1.75. The van der Waals surface area contributed by atoms with E-state index in [2.05, 4.69) is 10.4 Å². The van der Waals surface area contributed by atoms with Crippen molar-refractivity contribution >= 4 is 29.0 Å². The number of anilines is 2. The molecular weight excluding hydrogens is 355 g/mol. The molecule has 0 atom stereocenters. The molecule has 5 nitrogen and oxygen atoms in total. The van der Waals surface area contributed by atoms with Crippen LogP contribution in [0.2, 0.25) is 5.02 Å². The van der Waals surface area contributed by atoms with Crippen molar-refractivity contribution in [3.8, 4) is 0 Å². The molecule has 138 valence electrons. The van der Waals surface area contributed by atoms with E-state index in [-0.39, 0.29) is 16.8 Å². The second-order valence-electron chi connectivity index (χ2n) is 7.63. The van der Waals surface area contributed by atoms with Gasteiger partial charge in [-0.25, -0.2) is 4.39 Å². The van der Waals surface area contributed by atoms with Crippen molar-refractivity contribution in [2.75, 3.05) is 11.1 Å². The molecule has 0 unspecified atom stereocenters. The van der Waals surface area contributed by atoms with Gasteiger partial charge < -0.3 is 11.1 Å². The number of hydrogen-bond donors (Lipinski definition) is 2. The average molecular weight is 377 g/mol. The molecule has 1 heterocycles. The molecule has 2 aliphatic carbocycles. The van der Waals surface area contributed by atoms with Crippen LogP contribution in [0.1, 0.15) is 60.5 Å². The van der Waals surface area contributed by atoms with Crippen molar-refractivity contribution in [2.45, 2.75) is 44.4 Å². The van der Waals surface area contributed by atoms with Crippen LogP contribution in [0.25, 0.3) is 0 Å². The smallest absolute Gasteiger partial charge is 0.261 e. The van der Waals surface area contributed by atoms with Crippen LogP contribution in [0, 0.1) is 11.2 Å². The lowest BCUT2D eigenvalue weighted by Crippen LogP contribution is -2.19. The van der Waals surface area contributed by atoms with Crippen LogP contribution in [0.15, 0.2) is 18.2 Å². The number of nitrogens with zero attached hydrogens (tertiary/aromatic N) is 2. The molecule has 3 N–H and O–H groups in total. The zero-order chi connectivity index (χ0) is 18.5. The zero-order valence-electron chi connectivity index (χ0n) is 14.7. The van der Waals surface area contributed by atoms with Crippen LogP contribution in [0.4, 0.5) is 15.9 Å². The molecule has 2 saturated carbocycles. The van der Waals surface area contributed by atoms with Gasteiger partial charge in [0.05, 0.1) is 10.7 Å². The minimum atomic E-state index is -0.526. The van der Waals surface area contributed by atoms with Gasteiger partial charge in [-0.15, -0.1) is 0 Å². The maximum Gasteiger partial charge on any atom is 0.261 e. The van der Waals surface area contributed by atoms with E-state index in [0.29, 0.717) is 22.5 Å². The van der Waals surface area contributed by atoms with E-state index >= 15 is 0 Å². The second kappa shape index (κ2) is 6.27. The lowest BCUT2D eigenvalue weighted by molar-refractivity contribution is 0.102. The number of aryl methyl sites for hydroxylation is 1. The van der Waals surface area contributed by atoms with Crippen LogP contribution in [0.5, 0.6) is 0 Å². The Morgan fingerprint density at radius 2 is 2.04 bits per heavy atom. The molecule has 2 aromatic rings. The number of hydrogen-bond acceptors (Lipinski definition) is 3. The Labute approximate surface area is 156 Å². The maximum absolute atomic E-state index is 13.3. The van der Waals surface area contributed by atoms with Gasteiger partial charge in [-0.3, -0.25) is 9.48 Å². The Morgan fingerprint density at radius 3 is 2.65 bits per heavy atom. The van der Waals surface area contributed by atoms with E-state index in [9.17, 15) is 9.18 Å². The first-order valence-electron chi connectivity index (χ1n) is 8.97. The maximum atomic E-state index is 13.3. The highest BCUT2D eigenvalue weighted by Crippen LogP contribution is 2.58. The number of aromatic nitrogens is 2. The minimum absolute atomic E-state index is 0.0378. The molecule has 7 heteroatoms. The van der Waals surface area contributed by atoms with Crippen molar-refractivity contribution in [3.05, 3.63) is 40.3 Å². The van der Waals surface area contributed by atoms with E-state index in [1.54, 1.807) is 11.7 Å². The number of carbonyl (C=O) groups excluding carboxylic acids is 1. The molecule has 0 bridgehead atoms. The number of nitrogens with two attached hydrogens (primary N) is 1. The van der Waals surface area contributed by atoms with Crippen LogP contribution in [-0.4, -0.2) is 15.7 Å². The third kappa shape index (κ3) is 3.07. The van der Waals surface area contributed by atoms with Gasteiger partial charge in [0.25, 0.3) is 5.91 Å². The lowest BCUT2D eigenvalue weighted by Gasteiger charge is -2.27. The summed E-state index contributed by atoms with van der Waals surface area (Å²) in [4.78, 5) is 12.9. The van der Waals surface area contributed by atoms with Gasteiger partial charge >= 0.3 is 0 Å². The van der Waals surface area contributed by atoms with Gasteiger partial charge in [-0.2, -0.15) is 5.10 Å². The van der Waals surface area contributed by atoms with Gasteiger partial charge in [0.15, 0.2) is 0 Å². The van der Waals surface area contributed by atoms with Gasteiger partial charge in [0, 0.05) is 18.7 Å². The van der Waals surface area contributed by atoms with Crippen molar-refractivity contribution < 1.29 is 9.18 Å². The van der Waals surface area contributed by atoms with E-state index in [1.165, 1.54) is 43.9 Å². The first kappa shape index (κ1) is 17.3. The quantitative estimate of drug-likeness (QED) is 0.829. The molecule has 0 saturated heterocycles. The fourth-order valence-electron chi connectivity index (χ4n) is 4.02. The summed E-state index contributed by atoms with van der Waals surface area (Å²) >= 11 is 5.80. The third-order valence-electron chi connectivity index (χ3n) is 5.91. The highest BCUT2D eigenvalue weighted by molar-refractivity contribution is 6.31. The van der Waals surface area contributed by atoms with Crippen molar-refractivity contribution in [3.63, 3.8) is 0 Å². The van der Waals surface area contributed by atoms with E-state index < -0.39 is 5.82 Å². The zero-order valence-corrected chi connectivity index (χ0v) is 15.4. The number of amides is 1. The molecule has 1 amide bonds. The summed E-state index contributed by atoms with van der Waals surface area (Å²) in [5, 5.41) is 7.27. The average Bonchev–Trinajstić information content (AvgIpc) is 3.29. The third-order valence-corrected chi connectivity index (χ3v) is 6.20. The summed E-state index contributed by atoms with van der Waals surface area (Å²) in [5.41, 5.74) is 8.33. The fourth-order valence-corrected chi connectivity index (χ4v) is 4.21. The van der Waals surface area contributed by atoms with Crippen LogP contribution in [0.3, 0.4) is 0 Å². The number of rotatable bonds is 3. The lowest BCUT2D eigenvalue weighted by atomic mass is 9.77. The van der Waals surface area contributed by atoms with Gasteiger partial charge in [-0.05, 0) is 62.1 Å². The SMILES string of the molecule is Cn1nc(C2CCC3(CC2)CC3)c(C(=O)Nc2ccc(F)c(Cl)c2)c1N. The molecule has 0 radical (unpaired) electrons. The molecule has 0 aliphatic heterocycles. The van der Waals surface area contributed by atoms with Gasteiger partial charge in [-0.1, -0.05) is 11.6 Å². The second-order valence-corrected chi connectivity index (χ2v) is 8.03. The summed E-state index contributed by atoms with van der Waals surface area (Å²) in [6.07, 6.45) is 7.15. The standard InChI is InChI=1S/C19H22ClFN4O/c1-25-17(22)15(18(26)23-12-2-3-14(21)13(20)10-12)16(24-25)11-4-6-19(7-5-11)8-9-19/h2-3,10-11H,4-9,22H2,1H3,(H,23,26). The van der Waals surface area contributed by atoms with Gasteiger partial charge in [0.2, 0.25) is 0 Å². The molecule has 4 rings (SSSR count). The molecule has 1 spiro atoms. The summed E-state index contributed by atoms with van der Waals surface area (Å²) in [5.74, 6) is -0.262. The first-order valence-corrected chi connectivity index (χ1v) is 9.35. The molecule has 1 aromatic carbocycles. The number of halogens is 2. The Kier molecular flexibility index (Phi) is 4.18. The van der Waals surface area contributed by atoms with Crippen LogP contribution >= 0.6 is 11.6 Å². The predicted molar refractivity (Wildman–Crippen MR) is 99.9 cm³/mol. The van der Waals surface area contributed by atoms with Crippen molar-refractivity contribution in [2.24, 2.45) is 12.5 Å². The normalized spacial score (nSPS) is 18.9. The van der Waals surface area contributed by atoms with E-state index in [1.807, 2.05) is 0 Å². The molecule has 1 aromatic heterocycles. The van der Waals surface area contributed by atoms with E-state index in [4.69, 9.17) is 17.3 Å². The summed E-state index contributed by atoms with van der Waals surface area (Å²) in [6.45, 7) is 0. The molecular formula is C19H22ClFN4O. The topological polar surface area (TPSA) is 72.9 Å². The fraction of sp³-hybridized carbons (Fsp3) is 0.474. The molecule has 2 fully saturated rings. The highest BCUT2D eigenvalue weighted by Gasteiger charge is 2.45. The number of benzene rings is 1. The highest BCUT2D eigenvalue weighted by atomic mass is 35.5. The Balaban J connectivity index is 1.58. The van der Waals surface area contributed by atoms with Crippen molar-refractivity contribution in [1.29, 1.82) is 0 Å².